The maximum atomic E-state index is 10.6. The van der Waals surface area contributed by atoms with Crippen LogP contribution in [-0.2, 0) is 9.59 Å². The number of rotatable bonds is 5. The van der Waals surface area contributed by atoms with Crippen LogP contribution < -0.4 is 5.73 Å². The Kier molecular flexibility index (Phi) is 4.70. The van der Waals surface area contributed by atoms with Crippen molar-refractivity contribution >= 4 is 11.6 Å². The molecule has 64 valence electrons. The highest BCUT2D eigenvalue weighted by molar-refractivity contribution is 5.81. The summed E-state index contributed by atoms with van der Waals surface area (Å²) < 4.78 is 0. The van der Waals surface area contributed by atoms with Crippen LogP contribution >= 0.6 is 0 Å². The number of carbonyl (C=O) groups is 2. The van der Waals surface area contributed by atoms with E-state index in [-0.39, 0.29) is 17.6 Å². The van der Waals surface area contributed by atoms with E-state index in [9.17, 15) is 9.59 Å². The van der Waals surface area contributed by atoms with Gasteiger partial charge >= 0.3 is 0 Å². The quantitative estimate of drug-likeness (QED) is 0.637. The SMILES string of the molecule is CC(=O)CCCC(N)C(C)=O. The average Bonchev–Trinajstić information content (AvgIpc) is 1.86. The van der Waals surface area contributed by atoms with Gasteiger partial charge in [-0.05, 0) is 26.7 Å². The van der Waals surface area contributed by atoms with Crippen LogP contribution in [0.3, 0.4) is 0 Å². The van der Waals surface area contributed by atoms with Gasteiger partial charge in [0.05, 0.1) is 6.04 Å². The molecular weight excluding hydrogens is 142 g/mol. The Hall–Kier alpha value is -0.700. The minimum Gasteiger partial charge on any atom is -0.322 e. The second kappa shape index (κ2) is 5.02. The molecule has 0 amide bonds. The molecule has 0 aromatic carbocycles. The summed E-state index contributed by atoms with van der Waals surface area (Å²) in [6.07, 6.45) is 1.87. The molecule has 0 saturated carbocycles. The Labute approximate surface area is 67.0 Å². The largest absolute Gasteiger partial charge is 0.322 e. The lowest BCUT2D eigenvalue weighted by molar-refractivity contribution is -0.119. The molecule has 0 rings (SSSR count). The van der Waals surface area contributed by atoms with Gasteiger partial charge in [0, 0.05) is 6.42 Å². The van der Waals surface area contributed by atoms with Crippen molar-refractivity contribution in [2.45, 2.75) is 39.2 Å². The summed E-state index contributed by atoms with van der Waals surface area (Å²) >= 11 is 0. The summed E-state index contributed by atoms with van der Waals surface area (Å²) in [5.74, 6) is 0.148. The molecule has 1 unspecified atom stereocenters. The predicted octanol–water partition coefficient (Wildman–Crippen LogP) is 0.662. The van der Waals surface area contributed by atoms with Crippen LogP contribution in [0.4, 0.5) is 0 Å². The van der Waals surface area contributed by atoms with E-state index in [1.807, 2.05) is 0 Å². The van der Waals surface area contributed by atoms with Gasteiger partial charge in [0.2, 0.25) is 0 Å². The first-order valence-electron chi connectivity index (χ1n) is 3.79. The summed E-state index contributed by atoms with van der Waals surface area (Å²) in [5, 5.41) is 0. The standard InChI is InChI=1S/C8H15NO2/c1-6(10)4-3-5-8(9)7(2)11/h8H,3-5,9H2,1-2H3. The molecule has 1 atom stereocenters. The van der Waals surface area contributed by atoms with Gasteiger partial charge in [0.25, 0.3) is 0 Å². The van der Waals surface area contributed by atoms with E-state index in [0.717, 1.165) is 6.42 Å². The third kappa shape index (κ3) is 5.73. The predicted molar refractivity (Wildman–Crippen MR) is 43.2 cm³/mol. The average molecular weight is 157 g/mol. The fourth-order valence-corrected chi connectivity index (χ4v) is 0.774. The monoisotopic (exact) mass is 157 g/mol. The second-order valence-corrected chi connectivity index (χ2v) is 2.81. The van der Waals surface area contributed by atoms with Crippen molar-refractivity contribution in [2.75, 3.05) is 0 Å². The summed E-state index contributed by atoms with van der Waals surface area (Å²) in [6.45, 7) is 3.01. The third-order valence-corrected chi connectivity index (χ3v) is 1.57. The number of nitrogens with two attached hydrogens (primary N) is 1. The van der Waals surface area contributed by atoms with Crippen molar-refractivity contribution in [1.82, 2.24) is 0 Å². The summed E-state index contributed by atoms with van der Waals surface area (Å²) in [5.41, 5.74) is 5.44. The van der Waals surface area contributed by atoms with Crippen molar-refractivity contribution in [2.24, 2.45) is 5.73 Å². The van der Waals surface area contributed by atoms with Gasteiger partial charge in [-0.15, -0.1) is 0 Å². The molecule has 0 bridgehead atoms. The van der Waals surface area contributed by atoms with Gasteiger partial charge < -0.3 is 10.5 Å². The van der Waals surface area contributed by atoms with Gasteiger partial charge in [-0.25, -0.2) is 0 Å². The van der Waals surface area contributed by atoms with E-state index in [1.54, 1.807) is 6.92 Å². The zero-order valence-electron chi connectivity index (χ0n) is 7.09. The smallest absolute Gasteiger partial charge is 0.146 e. The van der Waals surface area contributed by atoms with Crippen LogP contribution in [0.5, 0.6) is 0 Å². The van der Waals surface area contributed by atoms with E-state index >= 15 is 0 Å². The molecule has 3 heteroatoms. The molecule has 0 aliphatic carbocycles. The van der Waals surface area contributed by atoms with Crippen LogP contribution in [0.2, 0.25) is 0 Å². The van der Waals surface area contributed by atoms with Crippen LogP contribution in [-0.4, -0.2) is 17.6 Å². The molecule has 2 N–H and O–H groups in total. The van der Waals surface area contributed by atoms with E-state index in [1.165, 1.54) is 6.92 Å². The summed E-state index contributed by atoms with van der Waals surface area (Å²) in [6, 6.07) is -0.380. The van der Waals surface area contributed by atoms with E-state index in [2.05, 4.69) is 0 Å². The second-order valence-electron chi connectivity index (χ2n) is 2.81. The lowest BCUT2D eigenvalue weighted by Crippen LogP contribution is -2.28. The molecule has 0 fully saturated rings. The lowest BCUT2D eigenvalue weighted by Gasteiger charge is -2.04. The fourth-order valence-electron chi connectivity index (χ4n) is 0.774. The first kappa shape index (κ1) is 10.3. The summed E-state index contributed by atoms with van der Waals surface area (Å²) in [4.78, 5) is 21.1. The molecule has 0 aromatic heterocycles. The Morgan fingerprint density at radius 3 is 2.27 bits per heavy atom. The van der Waals surface area contributed by atoms with Gasteiger partial charge in [-0.1, -0.05) is 0 Å². The highest BCUT2D eigenvalue weighted by atomic mass is 16.1. The molecular formula is C8H15NO2. The van der Waals surface area contributed by atoms with Gasteiger partial charge in [0.15, 0.2) is 0 Å². The van der Waals surface area contributed by atoms with E-state index < -0.39 is 0 Å². The summed E-state index contributed by atoms with van der Waals surface area (Å²) in [7, 11) is 0. The number of ketones is 2. The first-order valence-corrected chi connectivity index (χ1v) is 3.79. The van der Waals surface area contributed by atoms with Gasteiger partial charge in [-0.3, -0.25) is 4.79 Å². The van der Waals surface area contributed by atoms with Crippen molar-refractivity contribution < 1.29 is 9.59 Å². The molecule has 3 nitrogen and oxygen atoms in total. The highest BCUT2D eigenvalue weighted by Gasteiger charge is 2.07. The minimum absolute atomic E-state index is 0.00597. The maximum absolute atomic E-state index is 10.6. The van der Waals surface area contributed by atoms with E-state index in [0.29, 0.717) is 12.8 Å². The van der Waals surface area contributed by atoms with E-state index in [4.69, 9.17) is 5.73 Å². The van der Waals surface area contributed by atoms with Crippen LogP contribution in [0.1, 0.15) is 33.1 Å². The molecule has 0 heterocycles. The Balaban J connectivity index is 3.39. The molecule has 11 heavy (non-hydrogen) atoms. The Morgan fingerprint density at radius 2 is 1.91 bits per heavy atom. The molecule has 0 aromatic rings. The molecule has 0 aliphatic rings. The van der Waals surface area contributed by atoms with Crippen LogP contribution in [0, 0.1) is 0 Å². The normalized spacial score (nSPS) is 12.6. The van der Waals surface area contributed by atoms with Crippen molar-refractivity contribution in [3.63, 3.8) is 0 Å². The number of carbonyl (C=O) groups excluding carboxylic acids is 2. The van der Waals surface area contributed by atoms with Crippen molar-refractivity contribution in [3.8, 4) is 0 Å². The molecule has 0 aliphatic heterocycles. The van der Waals surface area contributed by atoms with Gasteiger partial charge in [0.1, 0.15) is 11.6 Å². The highest BCUT2D eigenvalue weighted by Crippen LogP contribution is 1.99. The molecule has 0 saturated heterocycles. The minimum atomic E-state index is -0.380. The number of hydrogen-bond donors (Lipinski definition) is 1. The van der Waals surface area contributed by atoms with Crippen LogP contribution in [0.25, 0.3) is 0 Å². The van der Waals surface area contributed by atoms with Crippen molar-refractivity contribution in [3.05, 3.63) is 0 Å². The number of Topliss-reactive ketones (excluding diaryl/α,β-unsaturated/α-hetero) is 2. The number of hydrogen-bond acceptors (Lipinski definition) is 3. The van der Waals surface area contributed by atoms with Crippen molar-refractivity contribution in [1.29, 1.82) is 0 Å². The Bertz CT molecular complexity index is 154. The fraction of sp³-hybridized carbons (Fsp3) is 0.750. The van der Waals surface area contributed by atoms with Crippen LogP contribution in [0.15, 0.2) is 0 Å². The first-order chi connectivity index (χ1) is 5.04. The topological polar surface area (TPSA) is 60.2 Å². The Morgan fingerprint density at radius 1 is 1.36 bits per heavy atom. The molecule has 0 spiro atoms. The lowest BCUT2D eigenvalue weighted by atomic mass is 10.1. The maximum Gasteiger partial charge on any atom is 0.146 e. The third-order valence-electron chi connectivity index (χ3n) is 1.57. The zero-order chi connectivity index (χ0) is 8.85. The van der Waals surface area contributed by atoms with Gasteiger partial charge in [-0.2, -0.15) is 0 Å². The zero-order valence-corrected chi connectivity index (χ0v) is 7.09. The molecule has 0 radical (unpaired) electrons.